The molecule has 0 radical (unpaired) electrons. The van der Waals surface area contributed by atoms with Gasteiger partial charge >= 0.3 is 0 Å². The van der Waals surface area contributed by atoms with Crippen molar-refractivity contribution in [1.82, 2.24) is 5.32 Å². The molecule has 0 aliphatic carbocycles. The van der Waals surface area contributed by atoms with Gasteiger partial charge in [-0.3, -0.25) is 0 Å². The van der Waals surface area contributed by atoms with E-state index in [1.807, 2.05) is 17.4 Å². The van der Waals surface area contributed by atoms with Gasteiger partial charge in [-0.2, -0.15) is 0 Å². The van der Waals surface area contributed by atoms with Gasteiger partial charge in [-0.05, 0) is 52.8 Å². The van der Waals surface area contributed by atoms with Gasteiger partial charge < -0.3 is 10.1 Å². The SMILES string of the molecule is CCCNC(Cc1sccc1Br)C1COc2ccccc21. The highest BCUT2D eigenvalue weighted by Gasteiger charge is 2.31. The van der Waals surface area contributed by atoms with Crippen LogP contribution in [-0.4, -0.2) is 19.2 Å². The van der Waals surface area contributed by atoms with E-state index in [9.17, 15) is 0 Å². The molecule has 0 spiro atoms. The molecular formula is C17H20BrNOS. The summed E-state index contributed by atoms with van der Waals surface area (Å²) in [7, 11) is 0. The summed E-state index contributed by atoms with van der Waals surface area (Å²) in [5.74, 6) is 1.48. The number of para-hydroxylation sites is 1. The summed E-state index contributed by atoms with van der Waals surface area (Å²) in [5.41, 5.74) is 1.35. The number of hydrogen-bond acceptors (Lipinski definition) is 3. The zero-order chi connectivity index (χ0) is 14.7. The summed E-state index contributed by atoms with van der Waals surface area (Å²) in [6.45, 7) is 4.04. The molecule has 2 nitrogen and oxygen atoms in total. The van der Waals surface area contributed by atoms with E-state index >= 15 is 0 Å². The van der Waals surface area contributed by atoms with Crippen molar-refractivity contribution in [2.75, 3.05) is 13.2 Å². The molecule has 2 atom stereocenters. The smallest absolute Gasteiger partial charge is 0.122 e. The number of halogens is 1. The Labute approximate surface area is 138 Å². The first-order valence-electron chi connectivity index (χ1n) is 7.46. The molecule has 0 bridgehead atoms. The Hall–Kier alpha value is -0.840. The highest BCUT2D eigenvalue weighted by Crippen LogP contribution is 2.37. The van der Waals surface area contributed by atoms with Crippen LogP contribution < -0.4 is 10.1 Å². The molecule has 2 heterocycles. The van der Waals surface area contributed by atoms with Crippen LogP contribution in [0.2, 0.25) is 0 Å². The predicted molar refractivity (Wildman–Crippen MR) is 92.5 cm³/mol. The Balaban J connectivity index is 1.81. The Morgan fingerprint density at radius 1 is 1.38 bits per heavy atom. The van der Waals surface area contributed by atoms with Crippen molar-refractivity contribution >= 4 is 27.3 Å². The first-order chi connectivity index (χ1) is 10.3. The number of thiophene rings is 1. The third-order valence-corrected chi connectivity index (χ3v) is 5.92. The van der Waals surface area contributed by atoms with Gasteiger partial charge in [0.2, 0.25) is 0 Å². The summed E-state index contributed by atoms with van der Waals surface area (Å²) < 4.78 is 7.10. The van der Waals surface area contributed by atoms with E-state index in [4.69, 9.17) is 4.74 Å². The molecule has 0 saturated heterocycles. The molecule has 2 aromatic rings. The number of hydrogen-bond donors (Lipinski definition) is 1. The van der Waals surface area contributed by atoms with Gasteiger partial charge in [0, 0.05) is 26.9 Å². The maximum Gasteiger partial charge on any atom is 0.122 e. The third kappa shape index (κ3) is 3.33. The van der Waals surface area contributed by atoms with Gasteiger partial charge in [-0.15, -0.1) is 11.3 Å². The topological polar surface area (TPSA) is 21.3 Å². The number of nitrogens with one attached hydrogen (secondary N) is 1. The Morgan fingerprint density at radius 3 is 3.00 bits per heavy atom. The maximum atomic E-state index is 5.87. The van der Waals surface area contributed by atoms with Crippen LogP contribution in [0.25, 0.3) is 0 Å². The van der Waals surface area contributed by atoms with E-state index in [0.717, 1.165) is 31.7 Å². The van der Waals surface area contributed by atoms with Gasteiger partial charge in [0.15, 0.2) is 0 Å². The van der Waals surface area contributed by atoms with E-state index in [-0.39, 0.29) is 0 Å². The molecule has 1 aliphatic heterocycles. The highest BCUT2D eigenvalue weighted by molar-refractivity contribution is 9.10. The number of fused-ring (bicyclic) bond motifs is 1. The molecule has 1 N–H and O–H groups in total. The van der Waals surface area contributed by atoms with E-state index < -0.39 is 0 Å². The predicted octanol–water partition coefficient (Wildman–Crippen LogP) is 4.60. The standard InChI is InChI=1S/C17H20BrNOS/c1-2-8-19-15(10-17-14(18)7-9-21-17)13-11-20-16-6-4-3-5-12(13)16/h3-7,9,13,15,19H,2,8,10-11H2,1H3. The van der Waals surface area contributed by atoms with Crippen molar-refractivity contribution in [3.63, 3.8) is 0 Å². The Bertz CT molecular complexity index is 598. The fourth-order valence-corrected chi connectivity index (χ4v) is 4.45. The van der Waals surface area contributed by atoms with Gasteiger partial charge in [0.25, 0.3) is 0 Å². The Morgan fingerprint density at radius 2 is 2.24 bits per heavy atom. The summed E-state index contributed by atoms with van der Waals surface area (Å²) in [6.07, 6.45) is 2.19. The second-order valence-electron chi connectivity index (χ2n) is 5.41. The largest absolute Gasteiger partial charge is 0.493 e. The van der Waals surface area contributed by atoms with E-state index in [1.165, 1.54) is 14.9 Å². The molecule has 2 unspecified atom stereocenters. The van der Waals surface area contributed by atoms with Crippen molar-refractivity contribution in [1.29, 1.82) is 0 Å². The first kappa shape index (κ1) is 15.1. The van der Waals surface area contributed by atoms with Gasteiger partial charge in [0.1, 0.15) is 5.75 Å². The molecule has 21 heavy (non-hydrogen) atoms. The minimum Gasteiger partial charge on any atom is -0.493 e. The van der Waals surface area contributed by atoms with Crippen LogP contribution in [0.4, 0.5) is 0 Å². The summed E-state index contributed by atoms with van der Waals surface area (Å²) in [4.78, 5) is 1.41. The fraction of sp³-hybridized carbons (Fsp3) is 0.412. The molecule has 0 amide bonds. The van der Waals surface area contributed by atoms with Crippen LogP contribution in [0.5, 0.6) is 5.75 Å². The van der Waals surface area contributed by atoms with Crippen LogP contribution in [0.1, 0.15) is 29.7 Å². The van der Waals surface area contributed by atoms with Crippen molar-refractivity contribution < 1.29 is 4.74 Å². The maximum absolute atomic E-state index is 5.87. The summed E-state index contributed by atoms with van der Waals surface area (Å²) in [5, 5.41) is 5.87. The zero-order valence-corrected chi connectivity index (χ0v) is 14.5. The molecule has 4 heteroatoms. The number of ether oxygens (including phenoxy) is 1. The molecule has 1 aromatic carbocycles. The van der Waals surface area contributed by atoms with Crippen LogP contribution in [0.3, 0.4) is 0 Å². The van der Waals surface area contributed by atoms with Crippen LogP contribution >= 0.6 is 27.3 Å². The molecule has 1 aromatic heterocycles. The lowest BCUT2D eigenvalue weighted by Crippen LogP contribution is -2.38. The molecule has 112 valence electrons. The fourth-order valence-electron chi connectivity index (χ4n) is 2.88. The quantitative estimate of drug-likeness (QED) is 0.807. The van der Waals surface area contributed by atoms with Gasteiger partial charge in [-0.1, -0.05) is 25.1 Å². The van der Waals surface area contributed by atoms with Crippen LogP contribution in [-0.2, 0) is 6.42 Å². The molecular weight excluding hydrogens is 346 g/mol. The average molecular weight is 366 g/mol. The third-order valence-electron chi connectivity index (χ3n) is 3.98. The van der Waals surface area contributed by atoms with Crippen molar-refractivity contribution in [2.45, 2.75) is 31.7 Å². The normalized spacial score (nSPS) is 18.3. The lowest BCUT2D eigenvalue weighted by atomic mass is 9.90. The molecule has 3 rings (SSSR count). The van der Waals surface area contributed by atoms with Crippen molar-refractivity contribution in [2.24, 2.45) is 0 Å². The Kier molecular flexibility index (Phi) is 4.99. The van der Waals surface area contributed by atoms with Gasteiger partial charge in [0.05, 0.1) is 6.61 Å². The minimum atomic E-state index is 0.420. The molecule has 0 fully saturated rings. The first-order valence-corrected chi connectivity index (χ1v) is 9.14. The molecule has 0 saturated carbocycles. The van der Waals surface area contributed by atoms with E-state index in [0.29, 0.717) is 12.0 Å². The monoisotopic (exact) mass is 365 g/mol. The van der Waals surface area contributed by atoms with Crippen molar-refractivity contribution in [3.8, 4) is 5.75 Å². The minimum absolute atomic E-state index is 0.420. The van der Waals surface area contributed by atoms with Crippen LogP contribution in [0.15, 0.2) is 40.2 Å². The van der Waals surface area contributed by atoms with E-state index in [2.05, 4.69) is 57.8 Å². The zero-order valence-electron chi connectivity index (χ0n) is 12.1. The summed E-state index contributed by atoms with van der Waals surface area (Å²) >= 11 is 5.48. The van der Waals surface area contributed by atoms with Gasteiger partial charge in [-0.25, -0.2) is 0 Å². The number of rotatable bonds is 6. The molecule has 1 aliphatic rings. The van der Waals surface area contributed by atoms with Crippen molar-refractivity contribution in [3.05, 3.63) is 50.6 Å². The van der Waals surface area contributed by atoms with E-state index in [1.54, 1.807) is 0 Å². The lowest BCUT2D eigenvalue weighted by molar-refractivity contribution is 0.297. The average Bonchev–Trinajstić information content (AvgIpc) is 3.10. The second kappa shape index (κ2) is 6.95. The lowest BCUT2D eigenvalue weighted by Gasteiger charge is -2.24. The highest BCUT2D eigenvalue weighted by atomic mass is 79.9. The van der Waals surface area contributed by atoms with Crippen LogP contribution in [0, 0.1) is 0 Å². The number of benzene rings is 1. The summed E-state index contributed by atoms with van der Waals surface area (Å²) in [6, 6.07) is 11.0. The second-order valence-corrected chi connectivity index (χ2v) is 7.27.